The van der Waals surface area contributed by atoms with Gasteiger partial charge in [-0.3, -0.25) is 4.79 Å². The van der Waals surface area contributed by atoms with E-state index in [9.17, 15) is 9.36 Å². The summed E-state index contributed by atoms with van der Waals surface area (Å²) in [6.07, 6.45) is -3.51. The zero-order valence-electron chi connectivity index (χ0n) is 11.9. The lowest BCUT2D eigenvalue weighted by atomic mass is 10.3. The van der Waals surface area contributed by atoms with Crippen LogP contribution in [0.15, 0.2) is 30.3 Å². The second kappa shape index (κ2) is 13.0. The molecule has 0 bridgehead atoms. The predicted molar refractivity (Wildman–Crippen MR) is 95.2 cm³/mol. The number of hydrogen-bond acceptors (Lipinski definition) is 5. The van der Waals surface area contributed by atoms with Crippen molar-refractivity contribution in [1.82, 2.24) is 0 Å². The van der Waals surface area contributed by atoms with Gasteiger partial charge in [-0.15, -0.1) is 12.4 Å². The van der Waals surface area contributed by atoms with E-state index in [4.69, 9.17) is 33.0 Å². The predicted octanol–water partition coefficient (Wildman–Crippen LogP) is 4.99. The molecular formula is C13H23Cl3NO4P. The molecule has 0 aromatic heterocycles. The molecule has 130 valence electrons. The van der Waals surface area contributed by atoms with E-state index in [1.54, 1.807) is 51.1 Å². The van der Waals surface area contributed by atoms with Crippen LogP contribution in [-0.4, -0.2) is 18.1 Å². The third-order valence-electron chi connectivity index (χ3n) is 1.68. The minimum Gasteiger partial charge on any atom is -0.462 e. The summed E-state index contributed by atoms with van der Waals surface area (Å²) >= 11 is 10.3. The Morgan fingerprint density at radius 3 is 1.91 bits per heavy atom. The molecule has 2 N–H and O–H groups in total. The molecular weight excluding hydrogens is 371 g/mol. The van der Waals surface area contributed by atoms with Crippen LogP contribution < -0.4 is 10.3 Å². The van der Waals surface area contributed by atoms with Crippen molar-refractivity contribution in [2.75, 3.05) is 0 Å². The van der Waals surface area contributed by atoms with Crippen molar-refractivity contribution in [2.45, 2.75) is 40.3 Å². The van der Waals surface area contributed by atoms with Crippen LogP contribution in [0.3, 0.4) is 0 Å². The molecule has 0 radical (unpaired) electrons. The third kappa shape index (κ3) is 15.9. The summed E-state index contributed by atoms with van der Waals surface area (Å²) in [6, 6.07) is 8.01. The number of nitrogens with two attached hydrogens (primary N) is 1. The molecule has 1 rings (SSSR count). The second-order valence-corrected chi connectivity index (χ2v) is 8.29. The van der Waals surface area contributed by atoms with Crippen LogP contribution in [0.5, 0.6) is 5.75 Å². The summed E-state index contributed by atoms with van der Waals surface area (Å²) in [6.45, 7) is 5.19. The van der Waals surface area contributed by atoms with Crippen LogP contribution in [0.25, 0.3) is 0 Å². The summed E-state index contributed by atoms with van der Waals surface area (Å²) in [5, 5.41) is 0. The van der Waals surface area contributed by atoms with Gasteiger partial charge in [0, 0.05) is 22.5 Å². The van der Waals surface area contributed by atoms with Crippen LogP contribution in [-0.2, 0) is 14.1 Å². The van der Waals surface area contributed by atoms with Crippen molar-refractivity contribution < 1.29 is 18.6 Å². The number of hydrogen-bond donors (Lipinski definition) is 1. The summed E-state index contributed by atoms with van der Waals surface area (Å²) in [7, 11) is 0. The van der Waals surface area contributed by atoms with Crippen LogP contribution in [0, 0.1) is 0 Å². The van der Waals surface area contributed by atoms with E-state index in [0.717, 1.165) is 0 Å². The molecule has 0 spiro atoms. The zero-order chi connectivity index (χ0) is 15.8. The van der Waals surface area contributed by atoms with Crippen molar-refractivity contribution in [1.29, 1.82) is 0 Å². The maximum Gasteiger partial charge on any atom is 0.428 e. The highest BCUT2D eigenvalue weighted by atomic mass is 35.9. The first-order chi connectivity index (χ1) is 9.11. The van der Waals surface area contributed by atoms with Crippen molar-refractivity contribution in [3.8, 4) is 5.75 Å². The molecule has 0 saturated heterocycles. The molecule has 0 saturated carbocycles. The van der Waals surface area contributed by atoms with Crippen LogP contribution in [0.4, 0.5) is 0 Å². The Labute approximate surface area is 147 Å². The van der Waals surface area contributed by atoms with Gasteiger partial charge in [-0.05, 0) is 32.9 Å². The zero-order valence-corrected chi connectivity index (χ0v) is 15.1. The summed E-state index contributed by atoms with van der Waals surface area (Å²) < 4.78 is 20.1. The van der Waals surface area contributed by atoms with Crippen molar-refractivity contribution in [3.63, 3.8) is 0 Å². The summed E-state index contributed by atoms with van der Waals surface area (Å²) in [5.74, 6) is 0.0610. The molecule has 22 heavy (non-hydrogen) atoms. The van der Waals surface area contributed by atoms with E-state index in [2.05, 4.69) is 4.52 Å². The fourth-order valence-electron chi connectivity index (χ4n) is 0.944. The normalized spacial score (nSPS) is 11.0. The molecule has 9 heteroatoms. The lowest BCUT2D eigenvalue weighted by Crippen LogP contribution is -2.30. The van der Waals surface area contributed by atoms with E-state index in [-0.39, 0.29) is 31.9 Å². The minimum absolute atomic E-state index is 0. The Balaban J connectivity index is -0.000000307. The van der Waals surface area contributed by atoms with Crippen molar-refractivity contribution in [3.05, 3.63) is 30.3 Å². The van der Waals surface area contributed by atoms with Crippen LogP contribution in [0.2, 0.25) is 0 Å². The highest BCUT2D eigenvalue weighted by Crippen LogP contribution is 2.56. The lowest BCUT2D eigenvalue weighted by molar-refractivity contribution is -0.148. The number of benzene rings is 1. The average Bonchev–Trinajstić information content (AvgIpc) is 2.27. The van der Waals surface area contributed by atoms with Gasteiger partial charge < -0.3 is 15.0 Å². The van der Waals surface area contributed by atoms with Gasteiger partial charge in [-0.2, -0.15) is 0 Å². The van der Waals surface area contributed by atoms with Gasteiger partial charge in [-0.1, -0.05) is 25.6 Å². The van der Waals surface area contributed by atoms with E-state index in [1.807, 2.05) is 0 Å². The number of carbonyl (C=O) groups excluding carboxylic acids is 1. The summed E-state index contributed by atoms with van der Waals surface area (Å²) in [5.41, 5.74) is 5.21. The topological polar surface area (TPSA) is 78.6 Å². The van der Waals surface area contributed by atoms with Crippen molar-refractivity contribution >= 4 is 46.9 Å². The molecule has 0 unspecified atom stereocenters. The average molecular weight is 395 g/mol. The van der Waals surface area contributed by atoms with Crippen LogP contribution in [0.1, 0.15) is 28.2 Å². The van der Waals surface area contributed by atoms with Gasteiger partial charge >= 0.3 is 12.0 Å². The quantitative estimate of drug-likeness (QED) is 0.574. The number of esters is 1. The largest absolute Gasteiger partial charge is 0.462 e. The number of rotatable bonds is 4. The van der Waals surface area contributed by atoms with E-state index >= 15 is 0 Å². The molecule has 0 aliphatic carbocycles. The molecule has 0 aliphatic rings. The third-order valence-corrected chi connectivity index (χ3v) is 2.52. The molecule has 1 aromatic carbocycles. The summed E-state index contributed by atoms with van der Waals surface area (Å²) in [4.78, 5) is 10.6. The SMILES string of the molecule is C.CC(C)OC(=O)[C@H](C)N.Cl.O=P(Cl)(Cl)Oc1ccccc1. The Morgan fingerprint density at radius 2 is 1.64 bits per heavy atom. The highest BCUT2D eigenvalue weighted by Gasteiger charge is 2.15. The molecule has 0 fully saturated rings. The monoisotopic (exact) mass is 393 g/mol. The maximum atomic E-state index is 10.7. The van der Waals surface area contributed by atoms with Crippen molar-refractivity contribution in [2.24, 2.45) is 5.73 Å². The number of carbonyl (C=O) groups is 1. The fraction of sp³-hybridized carbons (Fsp3) is 0.462. The Morgan fingerprint density at radius 1 is 1.18 bits per heavy atom. The molecule has 5 nitrogen and oxygen atoms in total. The standard InChI is InChI=1S/C6H5Cl2O2P.C6H13NO2.CH4.ClH/c7-11(8,9)10-6-4-2-1-3-5-6;1-4(2)9-6(8)5(3)7;;/h1-5H;4-5H,7H2,1-3H3;1H4;1H/t;5-;;/m.0../s1. The molecule has 0 aliphatic heterocycles. The van der Waals surface area contributed by atoms with Gasteiger partial charge in [0.2, 0.25) is 0 Å². The van der Waals surface area contributed by atoms with Gasteiger partial charge in [0.25, 0.3) is 0 Å². The van der Waals surface area contributed by atoms with Gasteiger partial charge in [0.05, 0.1) is 6.10 Å². The van der Waals surface area contributed by atoms with E-state index in [0.29, 0.717) is 5.75 Å². The first kappa shape index (κ1) is 26.4. The fourth-order valence-corrected chi connectivity index (χ4v) is 1.79. The highest BCUT2D eigenvalue weighted by molar-refractivity contribution is 8.05. The molecule has 1 aromatic rings. The smallest absolute Gasteiger partial charge is 0.428 e. The molecule has 0 heterocycles. The number of ether oxygens (including phenoxy) is 1. The Bertz CT molecular complexity index is 452. The first-order valence-electron chi connectivity index (χ1n) is 5.82. The molecule has 0 amide bonds. The second-order valence-electron chi connectivity index (χ2n) is 4.09. The lowest BCUT2D eigenvalue weighted by Gasteiger charge is -2.08. The first-order valence-corrected chi connectivity index (χ1v) is 9.25. The molecule has 1 atom stereocenters. The van der Waals surface area contributed by atoms with Gasteiger partial charge in [0.15, 0.2) is 0 Å². The Kier molecular flexibility index (Phi) is 15.7. The van der Waals surface area contributed by atoms with Crippen LogP contribution >= 0.6 is 41.0 Å². The number of para-hydroxylation sites is 1. The minimum atomic E-state index is -3.44. The van der Waals surface area contributed by atoms with Gasteiger partial charge in [-0.25, -0.2) is 4.57 Å². The van der Waals surface area contributed by atoms with Gasteiger partial charge in [0.1, 0.15) is 11.8 Å². The van der Waals surface area contributed by atoms with E-state index < -0.39 is 12.1 Å². The Hall–Kier alpha value is -0.450. The maximum absolute atomic E-state index is 10.7. The number of halogens is 3. The van der Waals surface area contributed by atoms with E-state index in [1.165, 1.54) is 0 Å².